The van der Waals surface area contributed by atoms with Gasteiger partial charge in [-0.3, -0.25) is 0 Å². The van der Waals surface area contributed by atoms with Gasteiger partial charge in [-0.2, -0.15) is 0 Å². The summed E-state index contributed by atoms with van der Waals surface area (Å²) in [6.45, 7) is 17.1. The van der Waals surface area contributed by atoms with E-state index in [2.05, 4.69) is 45.3 Å². The Morgan fingerprint density at radius 2 is 1.16 bits per heavy atom. The molecule has 0 unspecified atom stereocenters. The molecule has 0 aliphatic heterocycles. The molecular formula is C18H30O7. The normalized spacial score (nSPS) is 7.44. The lowest BCUT2D eigenvalue weighted by molar-refractivity contribution is -0.136. The molecule has 0 aromatic heterocycles. The third-order valence-corrected chi connectivity index (χ3v) is 1.72. The molecule has 0 rings (SSSR count). The van der Waals surface area contributed by atoms with Gasteiger partial charge in [-0.25, -0.2) is 14.4 Å². The summed E-state index contributed by atoms with van der Waals surface area (Å²) in [5.41, 5.74) is 0.866. The average molecular weight is 358 g/mol. The van der Waals surface area contributed by atoms with Gasteiger partial charge >= 0.3 is 17.9 Å². The van der Waals surface area contributed by atoms with Gasteiger partial charge in [0.25, 0.3) is 0 Å². The summed E-state index contributed by atoms with van der Waals surface area (Å²) in [5.74, 6) is -1.09. The number of carbonyl (C=O) groups excluding carboxylic acids is 3. The first-order chi connectivity index (χ1) is 11.6. The molecule has 0 saturated carbocycles. The summed E-state index contributed by atoms with van der Waals surface area (Å²) in [7, 11) is 5.61. The molecule has 0 aliphatic rings. The summed E-state index contributed by atoms with van der Waals surface area (Å²) in [6.07, 6.45) is 2.82. The van der Waals surface area contributed by atoms with Crippen LogP contribution in [0.15, 0.2) is 49.6 Å². The van der Waals surface area contributed by atoms with Crippen molar-refractivity contribution in [1.29, 1.82) is 0 Å². The van der Waals surface area contributed by atoms with Crippen LogP contribution in [0.3, 0.4) is 0 Å². The van der Waals surface area contributed by atoms with E-state index < -0.39 is 5.97 Å². The van der Waals surface area contributed by atoms with Crippen molar-refractivity contribution in [2.75, 3.05) is 35.0 Å². The largest absolute Gasteiger partial charge is 0.466 e. The van der Waals surface area contributed by atoms with Crippen LogP contribution in [0, 0.1) is 0 Å². The van der Waals surface area contributed by atoms with E-state index in [4.69, 9.17) is 0 Å². The summed E-state index contributed by atoms with van der Waals surface area (Å²) in [5, 5.41) is 0. The summed E-state index contributed by atoms with van der Waals surface area (Å²) < 4.78 is 17.3. The van der Waals surface area contributed by atoms with Crippen LogP contribution < -0.4 is 0 Å². The van der Waals surface area contributed by atoms with Gasteiger partial charge in [0.1, 0.15) is 0 Å². The molecule has 25 heavy (non-hydrogen) atoms. The lowest BCUT2D eigenvalue weighted by atomic mass is 10.4. The van der Waals surface area contributed by atoms with Crippen molar-refractivity contribution in [3.8, 4) is 0 Å². The quantitative estimate of drug-likeness (QED) is 0.323. The predicted molar refractivity (Wildman–Crippen MR) is 97.9 cm³/mol. The van der Waals surface area contributed by atoms with Crippen molar-refractivity contribution < 1.29 is 33.3 Å². The zero-order valence-corrected chi connectivity index (χ0v) is 16.0. The van der Waals surface area contributed by atoms with Crippen LogP contribution in [-0.4, -0.2) is 53.0 Å². The summed E-state index contributed by atoms with van der Waals surface area (Å²) >= 11 is 0. The molecule has 0 amide bonds. The highest BCUT2D eigenvalue weighted by Gasteiger charge is 1.96. The molecule has 0 spiro atoms. The van der Waals surface area contributed by atoms with E-state index in [0.29, 0.717) is 17.8 Å². The highest BCUT2D eigenvalue weighted by atomic mass is 16.5. The molecule has 7 heteroatoms. The van der Waals surface area contributed by atoms with E-state index in [-0.39, 0.29) is 11.9 Å². The third kappa shape index (κ3) is 33.9. The van der Waals surface area contributed by atoms with Crippen molar-refractivity contribution in [2.24, 2.45) is 0 Å². The predicted octanol–water partition coefficient (Wildman–Crippen LogP) is 2.64. The van der Waals surface area contributed by atoms with Crippen LogP contribution in [0.25, 0.3) is 0 Å². The number of carbonyl (C=O) groups is 3. The molecule has 0 aliphatic carbocycles. The molecular weight excluding hydrogens is 328 g/mol. The Hall–Kier alpha value is -2.67. The minimum absolute atomic E-state index is 0.347. The van der Waals surface area contributed by atoms with E-state index in [0.717, 1.165) is 6.08 Å². The number of esters is 3. The minimum Gasteiger partial charge on any atom is -0.466 e. The van der Waals surface area contributed by atoms with E-state index in [1.165, 1.54) is 21.3 Å². The summed E-state index contributed by atoms with van der Waals surface area (Å²) in [6, 6.07) is 0. The molecule has 0 saturated heterocycles. The van der Waals surface area contributed by atoms with Gasteiger partial charge in [0.15, 0.2) is 0 Å². The van der Waals surface area contributed by atoms with Crippen molar-refractivity contribution in [2.45, 2.75) is 13.8 Å². The zero-order chi connectivity index (χ0) is 20.8. The first kappa shape index (κ1) is 30.2. The number of methoxy groups -OCH3 is 4. The second-order valence-corrected chi connectivity index (χ2v) is 4.02. The maximum atomic E-state index is 10.2. The smallest absolute Gasteiger partial charge is 0.332 e. The van der Waals surface area contributed by atoms with Crippen LogP contribution in [0.4, 0.5) is 0 Å². The standard InChI is InChI=1S/2C5H8O2.C4H6O2.C4H8O/c2*1-4(2)5(6)7-3;1-3-4(5)6-2;1-3-4-5-2/h2*1H2,2-3H3;3H,1H2,2H3;3H,1,4H2,2H3. The molecule has 7 nitrogen and oxygen atoms in total. The third-order valence-electron chi connectivity index (χ3n) is 1.72. The Morgan fingerprint density at radius 1 is 0.800 bits per heavy atom. The van der Waals surface area contributed by atoms with Gasteiger partial charge in [0.05, 0.1) is 27.9 Å². The first-order valence-corrected chi connectivity index (χ1v) is 6.87. The second kappa shape index (κ2) is 23.6. The molecule has 0 aromatic rings. The molecule has 0 N–H and O–H groups in total. The van der Waals surface area contributed by atoms with Crippen LogP contribution in [-0.2, 0) is 33.3 Å². The van der Waals surface area contributed by atoms with Crippen LogP contribution in [0.2, 0.25) is 0 Å². The van der Waals surface area contributed by atoms with Crippen molar-refractivity contribution in [3.05, 3.63) is 49.6 Å². The number of ether oxygens (including phenoxy) is 4. The average Bonchev–Trinajstić information content (AvgIpc) is 2.61. The van der Waals surface area contributed by atoms with E-state index in [1.807, 2.05) is 0 Å². The van der Waals surface area contributed by atoms with Gasteiger partial charge in [0, 0.05) is 24.3 Å². The molecule has 0 heterocycles. The molecule has 144 valence electrons. The Labute approximate surface area is 150 Å². The van der Waals surface area contributed by atoms with Crippen molar-refractivity contribution in [3.63, 3.8) is 0 Å². The molecule has 0 atom stereocenters. The van der Waals surface area contributed by atoms with E-state index in [9.17, 15) is 14.4 Å². The molecule has 0 radical (unpaired) electrons. The van der Waals surface area contributed by atoms with E-state index in [1.54, 1.807) is 27.0 Å². The zero-order valence-electron chi connectivity index (χ0n) is 16.0. The first-order valence-electron chi connectivity index (χ1n) is 6.87. The van der Waals surface area contributed by atoms with Gasteiger partial charge < -0.3 is 18.9 Å². The minimum atomic E-state index is -0.394. The maximum absolute atomic E-state index is 10.2. The van der Waals surface area contributed by atoms with Crippen LogP contribution in [0.5, 0.6) is 0 Å². The number of hydrogen-bond donors (Lipinski definition) is 0. The Morgan fingerprint density at radius 3 is 1.16 bits per heavy atom. The Balaban J connectivity index is -0.000000119. The van der Waals surface area contributed by atoms with Gasteiger partial charge in [-0.15, -0.1) is 6.58 Å². The lowest BCUT2D eigenvalue weighted by Gasteiger charge is -1.91. The monoisotopic (exact) mass is 358 g/mol. The fourth-order valence-electron chi connectivity index (χ4n) is 0.550. The van der Waals surface area contributed by atoms with Gasteiger partial charge in [-0.1, -0.05) is 25.8 Å². The van der Waals surface area contributed by atoms with Crippen LogP contribution in [0.1, 0.15) is 13.8 Å². The summed E-state index contributed by atoms with van der Waals surface area (Å²) in [4.78, 5) is 30.2. The fraction of sp³-hybridized carbons (Fsp3) is 0.389. The van der Waals surface area contributed by atoms with Gasteiger partial charge in [-0.05, 0) is 13.8 Å². The van der Waals surface area contributed by atoms with Gasteiger partial charge in [0.2, 0.25) is 0 Å². The SMILES string of the molecule is C=C(C)C(=O)OC.C=C(C)C(=O)OC.C=CC(=O)OC.C=CCOC. The van der Waals surface area contributed by atoms with Crippen molar-refractivity contribution >= 4 is 17.9 Å². The lowest BCUT2D eigenvalue weighted by Crippen LogP contribution is -1.98. The van der Waals surface area contributed by atoms with Crippen molar-refractivity contribution in [1.82, 2.24) is 0 Å². The maximum Gasteiger partial charge on any atom is 0.332 e. The van der Waals surface area contributed by atoms with Crippen LogP contribution >= 0.6 is 0 Å². The van der Waals surface area contributed by atoms with E-state index >= 15 is 0 Å². The number of rotatable bonds is 5. The Kier molecular flexibility index (Phi) is 28.5. The molecule has 0 aromatic carbocycles. The second-order valence-electron chi connectivity index (χ2n) is 4.02. The Bertz CT molecular complexity index is 411. The molecule has 0 fully saturated rings. The number of hydrogen-bond acceptors (Lipinski definition) is 7. The highest BCUT2D eigenvalue weighted by molar-refractivity contribution is 5.87. The topological polar surface area (TPSA) is 88.1 Å². The molecule has 0 bridgehead atoms. The highest BCUT2D eigenvalue weighted by Crippen LogP contribution is 1.87. The fourth-order valence-corrected chi connectivity index (χ4v) is 0.550.